The van der Waals surface area contributed by atoms with E-state index in [2.05, 4.69) is 5.32 Å². The number of hydrogen-bond donors (Lipinski definition) is 1. The summed E-state index contributed by atoms with van der Waals surface area (Å²) in [6.45, 7) is 0.778. The summed E-state index contributed by atoms with van der Waals surface area (Å²) in [5.74, 6) is 1.41. The lowest BCUT2D eigenvalue weighted by Gasteiger charge is -2.14. The van der Waals surface area contributed by atoms with E-state index < -0.39 is 0 Å². The summed E-state index contributed by atoms with van der Waals surface area (Å²) in [5, 5.41) is 4.17. The molecule has 0 saturated carbocycles. The fourth-order valence-corrected chi connectivity index (χ4v) is 3.20. The second-order valence-corrected chi connectivity index (χ2v) is 7.03. The number of hydrogen-bond acceptors (Lipinski definition) is 4. The van der Waals surface area contributed by atoms with E-state index in [9.17, 15) is 4.39 Å². The molecule has 3 rings (SSSR count). The van der Waals surface area contributed by atoms with Crippen molar-refractivity contribution in [2.24, 2.45) is 0 Å². The first-order chi connectivity index (χ1) is 14.0. The Balaban J connectivity index is 1.65. The number of rotatable bonds is 8. The molecule has 7 heteroatoms. The highest BCUT2D eigenvalue weighted by Gasteiger charge is 2.09. The lowest BCUT2D eigenvalue weighted by molar-refractivity contribution is 0.284. The monoisotopic (exact) mass is 435 g/mol. The molecule has 0 spiro atoms. The van der Waals surface area contributed by atoms with Gasteiger partial charge in [-0.05, 0) is 48.0 Å². The van der Waals surface area contributed by atoms with E-state index in [1.807, 2.05) is 36.4 Å². The minimum absolute atomic E-state index is 0.206. The fraction of sp³-hybridized carbons (Fsp3) is 0.182. The maximum atomic E-state index is 13.2. The third kappa shape index (κ3) is 5.46. The van der Waals surface area contributed by atoms with Crippen molar-refractivity contribution in [3.8, 4) is 17.2 Å². The highest BCUT2D eigenvalue weighted by atomic mass is 35.5. The molecule has 0 aromatic heterocycles. The molecule has 152 valence electrons. The van der Waals surface area contributed by atoms with Crippen LogP contribution in [0.4, 0.5) is 10.1 Å². The van der Waals surface area contributed by atoms with Crippen molar-refractivity contribution < 1.29 is 18.6 Å². The second kappa shape index (κ2) is 9.72. The van der Waals surface area contributed by atoms with Crippen molar-refractivity contribution in [3.05, 3.63) is 81.6 Å². The SMILES string of the molecule is COc1ccc(NCc2ccc(OCc3ccc(F)cc3Cl)c(OC)c2)cc1Cl. The van der Waals surface area contributed by atoms with E-state index in [1.165, 1.54) is 12.1 Å². The summed E-state index contributed by atoms with van der Waals surface area (Å²) in [4.78, 5) is 0. The zero-order valence-corrected chi connectivity index (χ0v) is 17.5. The van der Waals surface area contributed by atoms with E-state index in [-0.39, 0.29) is 12.4 Å². The lowest BCUT2D eigenvalue weighted by atomic mass is 10.2. The van der Waals surface area contributed by atoms with E-state index in [0.717, 1.165) is 11.3 Å². The van der Waals surface area contributed by atoms with Crippen LogP contribution in [0.1, 0.15) is 11.1 Å². The predicted molar refractivity (Wildman–Crippen MR) is 114 cm³/mol. The zero-order chi connectivity index (χ0) is 20.8. The summed E-state index contributed by atoms with van der Waals surface area (Å²) in [6.07, 6.45) is 0. The summed E-state index contributed by atoms with van der Waals surface area (Å²) in [7, 11) is 3.15. The van der Waals surface area contributed by atoms with Crippen LogP contribution in [0.15, 0.2) is 54.6 Å². The third-order valence-electron chi connectivity index (χ3n) is 4.27. The first-order valence-corrected chi connectivity index (χ1v) is 9.57. The van der Waals surface area contributed by atoms with Crippen LogP contribution in [0.3, 0.4) is 0 Å². The van der Waals surface area contributed by atoms with Crippen LogP contribution in [0.25, 0.3) is 0 Å². The zero-order valence-electron chi connectivity index (χ0n) is 16.0. The average Bonchev–Trinajstić information content (AvgIpc) is 2.72. The fourth-order valence-electron chi connectivity index (χ4n) is 2.72. The number of anilines is 1. The average molecular weight is 436 g/mol. The van der Waals surface area contributed by atoms with Gasteiger partial charge in [-0.2, -0.15) is 0 Å². The van der Waals surface area contributed by atoms with Crippen LogP contribution in [0.2, 0.25) is 10.0 Å². The normalized spacial score (nSPS) is 10.5. The molecule has 4 nitrogen and oxygen atoms in total. The van der Waals surface area contributed by atoms with Crippen LogP contribution in [0, 0.1) is 5.82 Å². The summed E-state index contributed by atoms with van der Waals surface area (Å²) in [5.41, 5.74) is 2.57. The highest BCUT2D eigenvalue weighted by molar-refractivity contribution is 6.32. The Labute approximate surface area is 179 Å². The highest BCUT2D eigenvalue weighted by Crippen LogP contribution is 2.31. The standard InChI is InChI=1S/C22H20Cl2FNO3/c1-27-20-8-6-17(11-19(20)24)26-12-14-3-7-21(22(9-14)28-2)29-13-15-4-5-16(25)10-18(15)23/h3-11,26H,12-13H2,1-2H3. The molecule has 1 N–H and O–H groups in total. The van der Waals surface area contributed by atoms with Crippen LogP contribution in [-0.2, 0) is 13.2 Å². The number of halogens is 3. The van der Waals surface area contributed by atoms with Gasteiger partial charge >= 0.3 is 0 Å². The van der Waals surface area contributed by atoms with Crippen molar-refractivity contribution in [1.82, 2.24) is 0 Å². The maximum Gasteiger partial charge on any atom is 0.161 e. The van der Waals surface area contributed by atoms with Gasteiger partial charge in [-0.25, -0.2) is 4.39 Å². The van der Waals surface area contributed by atoms with Gasteiger partial charge < -0.3 is 19.5 Å². The van der Waals surface area contributed by atoms with Crippen LogP contribution in [0.5, 0.6) is 17.2 Å². The molecule has 0 fully saturated rings. The Morgan fingerprint density at radius 1 is 0.828 bits per heavy atom. The molecule has 3 aromatic rings. The quantitative estimate of drug-likeness (QED) is 0.447. The summed E-state index contributed by atoms with van der Waals surface area (Å²) in [6, 6.07) is 15.4. The molecular formula is C22H20Cl2FNO3. The van der Waals surface area contributed by atoms with Crippen LogP contribution in [-0.4, -0.2) is 14.2 Å². The van der Waals surface area contributed by atoms with Crippen molar-refractivity contribution in [2.45, 2.75) is 13.2 Å². The van der Waals surface area contributed by atoms with Gasteiger partial charge in [-0.3, -0.25) is 0 Å². The van der Waals surface area contributed by atoms with Gasteiger partial charge in [-0.15, -0.1) is 0 Å². The van der Waals surface area contributed by atoms with Crippen LogP contribution >= 0.6 is 23.2 Å². The third-order valence-corrected chi connectivity index (χ3v) is 4.92. The smallest absolute Gasteiger partial charge is 0.161 e. The maximum absolute atomic E-state index is 13.2. The molecule has 0 aliphatic heterocycles. The van der Waals surface area contributed by atoms with Crippen molar-refractivity contribution in [3.63, 3.8) is 0 Å². The topological polar surface area (TPSA) is 39.7 Å². The molecule has 0 unspecified atom stereocenters. The molecule has 3 aromatic carbocycles. The van der Waals surface area contributed by atoms with E-state index in [4.69, 9.17) is 37.4 Å². The van der Waals surface area contributed by atoms with Gasteiger partial charge in [0.25, 0.3) is 0 Å². The first-order valence-electron chi connectivity index (χ1n) is 8.81. The van der Waals surface area contributed by atoms with Gasteiger partial charge in [-0.1, -0.05) is 35.3 Å². The Bertz CT molecular complexity index is 998. The van der Waals surface area contributed by atoms with Gasteiger partial charge in [0.1, 0.15) is 18.2 Å². The summed E-state index contributed by atoms with van der Waals surface area (Å²) < 4.78 is 29.6. The number of nitrogens with one attached hydrogen (secondary N) is 1. The molecule has 0 aliphatic carbocycles. The van der Waals surface area contributed by atoms with Gasteiger partial charge in [0, 0.05) is 17.8 Å². The largest absolute Gasteiger partial charge is 0.495 e. The lowest BCUT2D eigenvalue weighted by Crippen LogP contribution is -2.02. The van der Waals surface area contributed by atoms with Gasteiger partial charge in [0.15, 0.2) is 11.5 Å². The van der Waals surface area contributed by atoms with E-state index in [0.29, 0.717) is 39.4 Å². The van der Waals surface area contributed by atoms with E-state index in [1.54, 1.807) is 20.3 Å². The minimum Gasteiger partial charge on any atom is -0.495 e. The number of ether oxygens (including phenoxy) is 3. The molecule has 0 radical (unpaired) electrons. The minimum atomic E-state index is -0.383. The Kier molecular flexibility index (Phi) is 7.07. The Morgan fingerprint density at radius 2 is 1.59 bits per heavy atom. The molecule has 0 amide bonds. The number of methoxy groups -OCH3 is 2. The molecule has 0 saturated heterocycles. The van der Waals surface area contributed by atoms with Crippen molar-refractivity contribution in [2.75, 3.05) is 19.5 Å². The molecule has 0 bridgehead atoms. The Morgan fingerprint density at radius 3 is 2.28 bits per heavy atom. The molecule has 0 heterocycles. The Hall–Kier alpha value is -2.63. The summed E-state index contributed by atoms with van der Waals surface area (Å²) >= 11 is 12.2. The van der Waals surface area contributed by atoms with Gasteiger partial charge in [0.05, 0.1) is 24.3 Å². The number of benzene rings is 3. The second-order valence-electron chi connectivity index (χ2n) is 6.21. The molecule has 0 aliphatic rings. The van der Waals surface area contributed by atoms with Crippen molar-refractivity contribution in [1.29, 1.82) is 0 Å². The first kappa shape index (κ1) is 21.1. The molecular weight excluding hydrogens is 416 g/mol. The van der Waals surface area contributed by atoms with Crippen molar-refractivity contribution >= 4 is 28.9 Å². The van der Waals surface area contributed by atoms with Crippen LogP contribution < -0.4 is 19.5 Å². The predicted octanol–water partition coefficient (Wildman–Crippen LogP) is 6.34. The van der Waals surface area contributed by atoms with Gasteiger partial charge in [0.2, 0.25) is 0 Å². The van der Waals surface area contributed by atoms with E-state index >= 15 is 0 Å². The molecule has 0 atom stereocenters. The molecule has 29 heavy (non-hydrogen) atoms.